The van der Waals surface area contributed by atoms with Crippen LogP contribution in [0.3, 0.4) is 0 Å². The summed E-state index contributed by atoms with van der Waals surface area (Å²) in [6, 6.07) is 31.9. The lowest BCUT2D eigenvalue weighted by Gasteiger charge is -2.37. The van der Waals surface area contributed by atoms with Crippen LogP contribution in [0.5, 0.6) is 0 Å². The van der Waals surface area contributed by atoms with Gasteiger partial charge in [-0.2, -0.15) is 0 Å². The molecule has 0 aliphatic carbocycles. The number of anilines is 2. The van der Waals surface area contributed by atoms with Crippen molar-refractivity contribution in [1.82, 2.24) is 0 Å². The van der Waals surface area contributed by atoms with Crippen molar-refractivity contribution in [2.75, 3.05) is 22.7 Å². The molecule has 4 aromatic carbocycles. The Morgan fingerprint density at radius 2 is 0.861 bits per heavy atom. The average molecular weight is 488 g/mol. The van der Waals surface area contributed by atoms with E-state index in [4.69, 9.17) is 0 Å². The van der Waals surface area contributed by atoms with Crippen molar-refractivity contribution in [3.8, 4) is 0 Å². The molecule has 1 saturated heterocycles. The van der Waals surface area contributed by atoms with Crippen molar-refractivity contribution in [2.24, 2.45) is 0 Å². The number of rotatable bonds is 5. The van der Waals surface area contributed by atoms with Crippen LogP contribution in [-0.2, 0) is 0 Å². The van der Waals surface area contributed by atoms with Gasteiger partial charge in [-0.1, -0.05) is 106 Å². The molecule has 0 saturated carbocycles. The zero-order chi connectivity index (χ0) is 25.4. The Morgan fingerprint density at radius 3 is 1.19 bits per heavy atom. The van der Waals surface area contributed by atoms with E-state index >= 15 is 0 Å². The highest BCUT2D eigenvalue weighted by Gasteiger charge is 2.47. The van der Waals surface area contributed by atoms with Gasteiger partial charge in [-0.05, 0) is 63.8 Å². The molecular weight excluding hydrogens is 451 g/mol. The van der Waals surface area contributed by atoms with E-state index in [1.165, 1.54) is 55.1 Å². The van der Waals surface area contributed by atoms with Crippen molar-refractivity contribution >= 4 is 37.0 Å². The number of hydrogen-bond donors (Lipinski definition) is 0. The predicted octanol–water partition coefficient (Wildman–Crippen LogP) is 5.74. The summed E-state index contributed by atoms with van der Waals surface area (Å²) in [5.41, 5.74) is 11.0. The van der Waals surface area contributed by atoms with Crippen molar-refractivity contribution in [3.05, 3.63) is 118 Å². The molecule has 0 aromatic heterocycles. The maximum absolute atomic E-state index is 2.73. The SMILES string of the molecule is Cc1cc(C)c(N2CCN(c3c(C)cc(C)cc3C)B2[Si](c2ccccc2)c2ccccc2)c(C)c1. The Hall–Kier alpha value is -3.24. The van der Waals surface area contributed by atoms with Crippen molar-refractivity contribution in [1.29, 1.82) is 0 Å². The quantitative estimate of drug-likeness (QED) is 0.331. The van der Waals surface area contributed by atoms with Gasteiger partial charge in [-0.3, -0.25) is 0 Å². The first-order valence-corrected chi connectivity index (χ1v) is 14.6. The molecule has 0 atom stereocenters. The molecule has 4 heteroatoms. The minimum atomic E-state index is -1.20. The van der Waals surface area contributed by atoms with Crippen molar-refractivity contribution in [3.63, 3.8) is 0 Å². The molecule has 5 rings (SSSR count). The topological polar surface area (TPSA) is 6.48 Å². The van der Waals surface area contributed by atoms with Gasteiger partial charge >= 0.3 is 6.57 Å². The summed E-state index contributed by atoms with van der Waals surface area (Å²) in [4.78, 5) is 5.47. The van der Waals surface area contributed by atoms with Gasteiger partial charge in [0.25, 0.3) is 0 Å². The van der Waals surface area contributed by atoms with E-state index in [0.717, 1.165) is 13.1 Å². The smallest absolute Gasteiger partial charge is 0.365 e. The first-order valence-electron chi connectivity index (χ1n) is 13.0. The number of hydrogen-bond acceptors (Lipinski definition) is 2. The zero-order valence-corrected chi connectivity index (χ0v) is 23.5. The molecule has 0 N–H and O–H groups in total. The zero-order valence-electron chi connectivity index (χ0n) is 22.5. The van der Waals surface area contributed by atoms with Gasteiger partial charge in [0.2, 0.25) is 0 Å². The standard InChI is InChI=1S/C32H36BN2Si/c1-23-19-25(3)31(26(4)20-23)34-17-18-35(32-27(5)21-24(2)22-28(32)6)33(34)36(29-13-9-7-10-14-29)30-15-11-8-12-16-30/h7-16,19-22H,17-18H2,1-6H3. The number of nitrogens with zero attached hydrogens (tertiary/aromatic N) is 2. The fraction of sp³-hybridized carbons (Fsp3) is 0.250. The van der Waals surface area contributed by atoms with Crippen LogP contribution in [0.1, 0.15) is 33.4 Å². The molecule has 0 bridgehead atoms. The highest BCUT2D eigenvalue weighted by molar-refractivity contribution is 7.35. The summed E-state index contributed by atoms with van der Waals surface area (Å²) in [6.07, 6.45) is 0. The van der Waals surface area contributed by atoms with Gasteiger partial charge in [-0.15, -0.1) is 0 Å². The molecule has 1 aliphatic heterocycles. The van der Waals surface area contributed by atoms with E-state index in [9.17, 15) is 0 Å². The summed E-state index contributed by atoms with van der Waals surface area (Å²) in [6.45, 7) is 15.9. The second-order valence-corrected chi connectivity index (χ2v) is 12.9. The summed E-state index contributed by atoms with van der Waals surface area (Å²) < 4.78 is 0. The molecule has 4 aromatic rings. The molecule has 2 nitrogen and oxygen atoms in total. The highest BCUT2D eigenvalue weighted by Crippen LogP contribution is 2.35. The second kappa shape index (κ2) is 10.0. The van der Waals surface area contributed by atoms with Gasteiger partial charge in [0.15, 0.2) is 0 Å². The molecule has 0 amide bonds. The van der Waals surface area contributed by atoms with Gasteiger partial charge in [0.1, 0.15) is 8.67 Å². The minimum absolute atomic E-state index is 0.264. The summed E-state index contributed by atoms with van der Waals surface area (Å²) in [7, 11) is -1.20. The van der Waals surface area contributed by atoms with Crippen LogP contribution in [0, 0.1) is 41.5 Å². The van der Waals surface area contributed by atoms with Gasteiger partial charge in [-0.25, -0.2) is 0 Å². The van der Waals surface area contributed by atoms with Crippen LogP contribution in [-0.4, -0.2) is 28.3 Å². The van der Waals surface area contributed by atoms with Crippen LogP contribution >= 0.6 is 0 Å². The third-order valence-corrected chi connectivity index (χ3v) is 10.5. The highest BCUT2D eigenvalue weighted by atomic mass is 28.3. The summed E-state index contributed by atoms with van der Waals surface area (Å²) >= 11 is 0. The monoisotopic (exact) mass is 487 g/mol. The normalized spacial score (nSPS) is 13.7. The van der Waals surface area contributed by atoms with Crippen LogP contribution in [0.4, 0.5) is 11.4 Å². The van der Waals surface area contributed by atoms with Crippen LogP contribution in [0.25, 0.3) is 0 Å². The Bertz CT molecular complexity index is 1220. The predicted molar refractivity (Wildman–Crippen MR) is 160 cm³/mol. The first-order chi connectivity index (χ1) is 17.3. The van der Waals surface area contributed by atoms with Gasteiger partial charge < -0.3 is 9.62 Å². The van der Waals surface area contributed by atoms with Crippen LogP contribution < -0.4 is 20.0 Å². The van der Waals surface area contributed by atoms with E-state index in [0.29, 0.717) is 0 Å². The molecule has 0 spiro atoms. The third kappa shape index (κ3) is 4.51. The molecule has 36 heavy (non-hydrogen) atoms. The lowest BCUT2D eigenvalue weighted by atomic mass is 9.94. The van der Waals surface area contributed by atoms with E-state index in [1.54, 1.807) is 0 Å². The molecule has 1 aliphatic rings. The lowest BCUT2D eigenvalue weighted by Crippen LogP contribution is -2.66. The average Bonchev–Trinajstić information content (AvgIpc) is 3.23. The van der Waals surface area contributed by atoms with Crippen LogP contribution in [0.2, 0.25) is 0 Å². The molecule has 1 radical (unpaired) electrons. The van der Waals surface area contributed by atoms with Gasteiger partial charge in [0.05, 0.1) is 0 Å². The largest absolute Gasteiger partial charge is 0.396 e. The Morgan fingerprint density at radius 1 is 0.528 bits per heavy atom. The summed E-state index contributed by atoms with van der Waals surface area (Å²) in [5.74, 6) is 0. The maximum atomic E-state index is 2.73. The fourth-order valence-electron chi connectivity index (χ4n) is 6.36. The lowest BCUT2D eigenvalue weighted by molar-refractivity contribution is 1.01. The minimum Gasteiger partial charge on any atom is -0.396 e. The Balaban J connectivity index is 1.76. The molecule has 1 fully saturated rings. The van der Waals surface area contributed by atoms with Crippen molar-refractivity contribution in [2.45, 2.75) is 41.5 Å². The van der Waals surface area contributed by atoms with E-state index in [-0.39, 0.29) is 6.57 Å². The van der Waals surface area contributed by atoms with Crippen LogP contribution in [0.15, 0.2) is 84.9 Å². The fourth-order valence-corrected chi connectivity index (χ4v) is 9.53. The summed E-state index contributed by atoms with van der Waals surface area (Å²) in [5, 5.41) is 2.92. The number of aryl methyl sites for hydroxylation is 6. The maximum Gasteiger partial charge on any atom is 0.365 e. The van der Waals surface area contributed by atoms with E-state index in [1.807, 2.05) is 0 Å². The molecule has 1 heterocycles. The van der Waals surface area contributed by atoms with Crippen molar-refractivity contribution < 1.29 is 0 Å². The molecule has 181 valence electrons. The van der Waals surface area contributed by atoms with Gasteiger partial charge in [0, 0.05) is 24.5 Å². The Labute approximate surface area is 219 Å². The second-order valence-electron chi connectivity index (χ2n) is 10.4. The van der Waals surface area contributed by atoms with E-state index < -0.39 is 8.67 Å². The van der Waals surface area contributed by atoms with E-state index in [2.05, 4.69) is 136 Å². The first kappa shape index (κ1) is 24.5. The molecule has 0 unspecified atom stereocenters. The number of benzene rings is 4. The molecular formula is C32H36BN2Si. The third-order valence-electron chi connectivity index (χ3n) is 7.45. The Kier molecular flexibility index (Phi) is 6.81.